The van der Waals surface area contributed by atoms with Crippen LogP contribution in [0, 0.1) is 0 Å². The molecule has 0 spiro atoms. The summed E-state index contributed by atoms with van der Waals surface area (Å²) in [5.41, 5.74) is 0. The zero-order chi connectivity index (χ0) is 71.8. The number of carbonyl (C=O) groups excluding carboxylic acids is 1. The van der Waals surface area contributed by atoms with Crippen LogP contribution in [0.15, 0.2) is 97.2 Å². The van der Waals surface area contributed by atoms with Gasteiger partial charge in [-0.25, -0.2) is 0 Å². The number of amides is 1. The fourth-order valence-electron chi connectivity index (χ4n) is 12.6. The number of hydrogen-bond acceptors (Lipinski definition) is 18. The lowest BCUT2D eigenvalue weighted by molar-refractivity contribution is -0.379. The zero-order valence-electron chi connectivity index (χ0n) is 60.9. The number of rotatable bonds is 60. The minimum atomic E-state index is -1.99. The number of carbonyl (C=O) groups is 1. The lowest BCUT2D eigenvalue weighted by Crippen LogP contribution is -2.66. The van der Waals surface area contributed by atoms with E-state index >= 15 is 0 Å². The molecular weight excluding hydrogens is 1260 g/mol. The number of aliphatic hydroxyl groups excluding tert-OH is 11. The molecule has 572 valence electrons. The minimum absolute atomic E-state index is 0.225. The zero-order valence-corrected chi connectivity index (χ0v) is 60.9. The fourth-order valence-corrected chi connectivity index (χ4v) is 12.6. The van der Waals surface area contributed by atoms with Crippen LogP contribution < -0.4 is 5.32 Å². The lowest BCUT2D eigenvalue weighted by Gasteiger charge is -2.48. The van der Waals surface area contributed by atoms with Crippen LogP contribution in [0.1, 0.15) is 271 Å². The van der Waals surface area contributed by atoms with Gasteiger partial charge in [0, 0.05) is 6.42 Å². The Bertz CT molecular complexity index is 2170. The van der Waals surface area contributed by atoms with Gasteiger partial charge in [0.2, 0.25) is 5.91 Å². The van der Waals surface area contributed by atoms with Crippen molar-refractivity contribution in [1.29, 1.82) is 0 Å². The summed E-state index contributed by atoms with van der Waals surface area (Å²) in [6.07, 6.45) is 53.8. The van der Waals surface area contributed by atoms with Crippen molar-refractivity contribution in [3.05, 3.63) is 97.2 Å². The van der Waals surface area contributed by atoms with Crippen LogP contribution in [-0.2, 0) is 33.2 Å². The Hall–Kier alpha value is -3.29. The maximum Gasteiger partial charge on any atom is 0.220 e. The molecule has 3 aliphatic heterocycles. The van der Waals surface area contributed by atoms with Gasteiger partial charge in [-0.15, -0.1) is 0 Å². The molecule has 3 rings (SSSR count). The third kappa shape index (κ3) is 40.5. The van der Waals surface area contributed by atoms with Gasteiger partial charge in [-0.05, 0) is 83.5 Å². The van der Waals surface area contributed by atoms with Gasteiger partial charge in [-0.1, -0.05) is 278 Å². The SMILES string of the molecule is CC/C=C\C/C=C\C/C=C\C/C=C\C/C=C\C/C=C\CCCCCCCCCCCCC(=O)NC(COC1OC(CO)C(OC2OC(CO)C(OC3OC(CO)C(O)C(O)C3O)C(O)C2O)C(O)C1O)C(O)/C=C/CC/C=C/CCCCCCCCCCCCCCCCCCCCC. The van der Waals surface area contributed by atoms with Gasteiger partial charge in [0.25, 0.3) is 0 Å². The van der Waals surface area contributed by atoms with Crippen molar-refractivity contribution in [3.63, 3.8) is 0 Å². The molecule has 3 fully saturated rings. The third-order valence-electron chi connectivity index (χ3n) is 18.9. The van der Waals surface area contributed by atoms with Gasteiger partial charge in [-0.2, -0.15) is 0 Å². The Kier molecular flexibility index (Phi) is 54.5. The van der Waals surface area contributed by atoms with Crippen molar-refractivity contribution in [2.45, 2.75) is 375 Å². The predicted octanol–water partition coefficient (Wildman–Crippen LogP) is 12.4. The van der Waals surface area contributed by atoms with E-state index in [1.54, 1.807) is 6.08 Å². The molecule has 0 radical (unpaired) electrons. The summed E-state index contributed by atoms with van der Waals surface area (Å²) < 4.78 is 34.4. The van der Waals surface area contributed by atoms with Crippen LogP contribution >= 0.6 is 0 Å². The van der Waals surface area contributed by atoms with E-state index < -0.39 is 124 Å². The maximum absolute atomic E-state index is 13.5. The van der Waals surface area contributed by atoms with Crippen molar-refractivity contribution >= 4 is 5.91 Å². The van der Waals surface area contributed by atoms with Gasteiger partial charge < -0.3 is 89.9 Å². The third-order valence-corrected chi connectivity index (χ3v) is 18.9. The highest BCUT2D eigenvalue weighted by Crippen LogP contribution is 2.33. The van der Waals surface area contributed by atoms with E-state index in [2.05, 4.69) is 104 Å². The molecule has 0 saturated carbocycles. The first kappa shape index (κ1) is 89.9. The monoisotopic (exact) mass is 1400 g/mol. The number of aliphatic hydroxyl groups is 11. The molecule has 0 aromatic heterocycles. The van der Waals surface area contributed by atoms with Crippen molar-refractivity contribution in [1.82, 2.24) is 5.32 Å². The van der Waals surface area contributed by atoms with Crippen molar-refractivity contribution in [3.8, 4) is 0 Å². The van der Waals surface area contributed by atoms with Crippen LogP contribution in [0.3, 0.4) is 0 Å². The molecule has 17 unspecified atom stereocenters. The van der Waals surface area contributed by atoms with Crippen LogP contribution in [0.4, 0.5) is 0 Å². The number of nitrogens with one attached hydrogen (secondary N) is 1. The summed E-state index contributed by atoms with van der Waals surface area (Å²) in [5, 5.41) is 121. The second kappa shape index (κ2) is 60.0. The number of unbranched alkanes of at least 4 members (excludes halogenated alkanes) is 30. The first-order valence-corrected chi connectivity index (χ1v) is 39.0. The Morgan fingerprint density at radius 3 is 1.13 bits per heavy atom. The number of hydrogen-bond donors (Lipinski definition) is 12. The first-order chi connectivity index (χ1) is 48.3. The molecule has 0 bridgehead atoms. The Morgan fingerprint density at radius 2 is 0.707 bits per heavy atom. The molecule has 0 aromatic carbocycles. The summed E-state index contributed by atoms with van der Waals surface area (Å²) in [4.78, 5) is 13.5. The summed E-state index contributed by atoms with van der Waals surface area (Å²) in [5.74, 6) is -0.292. The van der Waals surface area contributed by atoms with E-state index in [0.717, 1.165) is 89.9 Å². The molecule has 12 N–H and O–H groups in total. The Labute approximate surface area is 596 Å². The maximum atomic E-state index is 13.5. The van der Waals surface area contributed by atoms with E-state index in [4.69, 9.17) is 28.4 Å². The van der Waals surface area contributed by atoms with Gasteiger partial charge in [0.05, 0.1) is 38.6 Å². The highest BCUT2D eigenvalue weighted by atomic mass is 16.8. The van der Waals surface area contributed by atoms with Crippen molar-refractivity contribution < 1.29 is 89.4 Å². The smallest absolute Gasteiger partial charge is 0.220 e. The second-order valence-corrected chi connectivity index (χ2v) is 27.4. The second-order valence-electron chi connectivity index (χ2n) is 27.4. The Morgan fingerprint density at radius 1 is 0.374 bits per heavy atom. The lowest BCUT2D eigenvalue weighted by atomic mass is 9.96. The van der Waals surface area contributed by atoms with Crippen LogP contribution in [0.2, 0.25) is 0 Å². The average molecular weight is 1400 g/mol. The summed E-state index contributed by atoms with van der Waals surface area (Å²) in [7, 11) is 0. The summed E-state index contributed by atoms with van der Waals surface area (Å²) >= 11 is 0. The van der Waals surface area contributed by atoms with E-state index in [9.17, 15) is 61.0 Å². The van der Waals surface area contributed by atoms with Crippen molar-refractivity contribution in [2.75, 3.05) is 26.4 Å². The van der Waals surface area contributed by atoms with Crippen LogP contribution in [0.5, 0.6) is 0 Å². The minimum Gasteiger partial charge on any atom is -0.394 e. The standard InChI is InChI=1S/C80H139NO18/c1-3-5-7-9-11-13-15-17-19-21-23-25-27-29-30-31-32-34-36-38-40-42-44-46-48-50-52-54-56-58-68(86)81-63(64(85)57-55-53-51-49-47-45-43-41-39-37-35-33-28-26-24-22-20-18-16-14-12-10-8-6-4-2)62-94-78-74(92)71(89)76(66(60-83)96-78)99-80-75(93)72(90)77(67(61-84)97-80)98-79-73(91)70(88)69(87)65(59-82)95-79/h5,7,11,13,17,19,23,25,29-30,32,34,47,49,55,57,63-67,69-80,82-85,87-93H,3-4,6,8-10,12,14-16,18,20-22,24,26-28,31,33,35-46,48,50-54,56,58-62H2,1-2H3,(H,81,86)/b7-5-,13-11-,19-17-,25-23-,30-29-,34-32-,49-47+,57-55+. The van der Waals surface area contributed by atoms with Crippen LogP contribution in [-0.4, -0.2) is 193 Å². The number of allylic oxidation sites excluding steroid dienone is 15. The normalized spacial score (nSPS) is 27.1. The predicted molar refractivity (Wildman–Crippen MR) is 392 cm³/mol. The largest absolute Gasteiger partial charge is 0.394 e. The topological polar surface area (TPSA) is 307 Å². The van der Waals surface area contributed by atoms with Gasteiger partial charge >= 0.3 is 0 Å². The fraction of sp³-hybridized carbons (Fsp3) is 0.787. The molecule has 0 aliphatic carbocycles. The highest BCUT2D eigenvalue weighted by molar-refractivity contribution is 5.76. The van der Waals surface area contributed by atoms with Gasteiger partial charge in [-0.3, -0.25) is 4.79 Å². The Balaban J connectivity index is 1.41. The summed E-state index contributed by atoms with van der Waals surface area (Å²) in [6, 6.07) is -1.00. The molecule has 3 aliphatic rings. The van der Waals surface area contributed by atoms with Crippen LogP contribution in [0.25, 0.3) is 0 Å². The molecule has 17 atom stereocenters. The average Bonchev–Trinajstić information content (AvgIpc) is 0.785. The van der Waals surface area contributed by atoms with Gasteiger partial charge in [0.1, 0.15) is 73.2 Å². The molecule has 3 saturated heterocycles. The molecule has 3 heterocycles. The van der Waals surface area contributed by atoms with E-state index in [0.29, 0.717) is 12.8 Å². The first-order valence-electron chi connectivity index (χ1n) is 39.0. The van der Waals surface area contributed by atoms with Gasteiger partial charge in [0.15, 0.2) is 18.9 Å². The molecule has 19 heteroatoms. The quantitative estimate of drug-likeness (QED) is 0.0199. The molecule has 19 nitrogen and oxygen atoms in total. The molecule has 1 amide bonds. The van der Waals surface area contributed by atoms with E-state index in [1.807, 2.05) is 6.08 Å². The van der Waals surface area contributed by atoms with E-state index in [-0.39, 0.29) is 18.9 Å². The summed E-state index contributed by atoms with van der Waals surface area (Å²) in [6.45, 7) is 1.62. The number of ether oxygens (including phenoxy) is 6. The molecule has 0 aromatic rings. The molecule has 99 heavy (non-hydrogen) atoms. The van der Waals surface area contributed by atoms with E-state index in [1.165, 1.54) is 148 Å². The molecular formula is C80H139NO18. The van der Waals surface area contributed by atoms with Crippen molar-refractivity contribution in [2.24, 2.45) is 0 Å². The highest BCUT2D eigenvalue weighted by Gasteiger charge is 2.53.